The lowest BCUT2D eigenvalue weighted by Gasteiger charge is -2.27. The van der Waals surface area contributed by atoms with Crippen molar-refractivity contribution in [3.05, 3.63) is 18.0 Å². The number of rotatable bonds is 6. The zero-order chi connectivity index (χ0) is 14.5. The highest BCUT2D eigenvalue weighted by Gasteiger charge is 2.31. The average Bonchev–Trinajstić information content (AvgIpc) is 2.89. The molecule has 0 aliphatic heterocycles. The van der Waals surface area contributed by atoms with Gasteiger partial charge in [0.05, 0.1) is 17.7 Å². The van der Waals surface area contributed by atoms with Crippen LogP contribution in [0.4, 0.5) is 0 Å². The van der Waals surface area contributed by atoms with Crippen LogP contribution in [0.25, 0.3) is 0 Å². The molecule has 1 fully saturated rings. The fraction of sp³-hybridized carbons (Fsp3) is 0.750. The van der Waals surface area contributed by atoms with Crippen molar-refractivity contribution in [3.8, 4) is 0 Å². The number of aliphatic carboxylic acids is 1. The molecule has 1 aliphatic carbocycles. The van der Waals surface area contributed by atoms with Gasteiger partial charge in [0, 0.05) is 6.20 Å². The van der Waals surface area contributed by atoms with Gasteiger partial charge in [-0.1, -0.05) is 26.7 Å². The summed E-state index contributed by atoms with van der Waals surface area (Å²) in [5.41, 5.74) is 1.05. The molecule has 4 nitrogen and oxygen atoms in total. The Bertz CT molecular complexity index is 437. The quantitative estimate of drug-likeness (QED) is 0.863. The molecule has 0 saturated heterocycles. The summed E-state index contributed by atoms with van der Waals surface area (Å²) < 4.78 is 2.05. The second-order valence-corrected chi connectivity index (χ2v) is 5.95. The van der Waals surface area contributed by atoms with Gasteiger partial charge in [-0.15, -0.1) is 0 Å². The molecule has 1 aromatic heterocycles. The van der Waals surface area contributed by atoms with E-state index in [-0.39, 0.29) is 11.8 Å². The topological polar surface area (TPSA) is 55.1 Å². The third kappa shape index (κ3) is 3.41. The van der Waals surface area contributed by atoms with Crippen molar-refractivity contribution in [3.63, 3.8) is 0 Å². The van der Waals surface area contributed by atoms with E-state index in [2.05, 4.69) is 25.0 Å². The fourth-order valence-electron chi connectivity index (χ4n) is 3.40. The third-order valence-corrected chi connectivity index (χ3v) is 4.68. The van der Waals surface area contributed by atoms with Gasteiger partial charge >= 0.3 is 5.97 Å². The summed E-state index contributed by atoms with van der Waals surface area (Å²) >= 11 is 0. The molecule has 0 radical (unpaired) electrons. The first-order chi connectivity index (χ1) is 9.65. The largest absolute Gasteiger partial charge is 0.481 e. The van der Waals surface area contributed by atoms with Crippen LogP contribution < -0.4 is 0 Å². The van der Waals surface area contributed by atoms with E-state index in [1.165, 1.54) is 0 Å². The Kier molecular flexibility index (Phi) is 5.21. The second kappa shape index (κ2) is 6.91. The van der Waals surface area contributed by atoms with Gasteiger partial charge < -0.3 is 5.11 Å². The molecule has 4 heteroatoms. The van der Waals surface area contributed by atoms with E-state index in [0.717, 1.165) is 50.6 Å². The predicted molar refractivity (Wildman–Crippen MR) is 78.6 cm³/mol. The minimum atomic E-state index is -0.630. The van der Waals surface area contributed by atoms with E-state index in [0.29, 0.717) is 6.04 Å². The van der Waals surface area contributed by atoms with Crippen LogP contribution in [0.2, 0.25) is 0 Å². The smallest absolute Gasteiger partial charge is 0.306 e. The first kappa shape index (κ1) is 15.1. The molecule has 1 N–H and O–H groups in total. The lowest BCUT2D eigenvalue weighted by Crippen LogP contribution is -2.28. The van der Waals surface area contributed by atoms with Crippen molar-refractivity contribution >= 4 is 5.97 Å². The van der Waals surface area contributed by atoms with Gasteiger partial charge in [-0.3, -0.25) is 9.48 Å². The van der Waals surface area contributed by atoms with Crippen LogP contribution in [-0.4, -0.2) is 20.9 Å². The zero-order valence-corrected chi connectivity index (χ0v) is 12.6. The van der Waals surface area contributed by atoms with Crippen molar-refractivity contribution in [2.45, 2.75) is 64.8 Å². The van der Waals surface area contributed by atoms with E-state index in [1.54, 1.807) is 0 Å². The van der Waals surface area contributed by atoms with E-state index in [9.17, 15) is 9.90 Å². The fourth-order valence-corrected chi connectivity index (χ4v) is 3.40. The lowest BCUT2D eigenvalue weighted by atomic mass is 9.77. The number of carbonyl (C=O) groups is 1. The van der Waals surface area contributed by atoms with Crippen molar-refractivity contribution < 1.29 is 9.90 Å². The molecule has 2 rings (SSSR count). The molecule has 1 aliphatic rings. The van der Waals surface area contributed by atoms with Gasteiger partial charge in [0.1, 0.15) is 0 Å². The summed E-state index contributed by atoms with van der Waals surface area (Å²) in [5, 5.41) is 14.0. The Labute approximate surface area is 121 Å². The molecule has 2 unspecified atom stereocenters. The summed E-state index contributed by atoms with van der Waals surface area (Å²) in [6, 6.07) is 2.52. The van der Waals surface area contributed by atoms with Gasteiger partial charge in [0.15, 0.2) is 0 Å². The number of hydrogen-bond donors (Lipinski definition) is 1. The van der Waals surface area contributed by atoms with Crippen LogP contribution in [0.5, 0.6) is 0 Å². The molecule has 1 aromatic rings. The summed E-state index contributed by atoms with van der Waals surface area (Å²) in [4.78, 5) is 11.3. The van der Waals surface area contributed by atoms with Crippen LogP contribution in [0, 0.1) is 11.8 Å². The molecular formula is C16H26N2O2. The Morgan fingerprint density at radius 2 is 2.10 bits per heavy atom. The monoisotopic (exact) mass is 278 g/mol. The van der Waals surface area contributed by atoms with Gasteiger partial charge in [0.2, 0.25) is 0 Å². The molecular weight excluding hydrogens is 252 g/mol. The van der Waals surface area contributed by atoms with E-state index >= 15 is 0 Å². The lowest BCUT2D eigenvalue weighted by molar-refractivity contribution is -0.144. The Balaban J connectivity index is 2.03. The molecule has 1 saturated carbocycles. The number of carboxylic acids is 1. The standard InChI is InChI=1S/C16H26N2O2/c1-3-14(4-2)18-10-9-13(17-18)11-12-7-5-6-8-15(12)16(19)20/h9-10,12,14-15H,3-8,11H2,1-2H3,(H,19,20). The summed E-state index contributed by atoms with van der Waals surface area (Å²) in [6.07, 6.45) is 9.08. The molecule has 1 heterocycles. The number of nitrogens with zero attached hydrogens (tertiary/aromatic N) is 2. The number of hydrogen-bond acceptors (Lipinski definition) is 2. The average molecular weight is 278 g/mol. The maximum absolute atomic E-state index is 11.3. The minimum Gasteiger partial charge on any atom is -0.481 e. The van der Waals surface area contributed by atoms with Crippen LogP contribution in [0.1, 0.15) is 64.1 Å². The highest BCUT2D eigenvalue weighted by Crippen LogP contribution is 2.32. The normalized spacial score (nSPS) is 23.1. The van der Waals surface area contributed by atoms with Crippen LogP contribution in [0.15, 0.2) is 12.3 Å². The molecule has 112 valence electrons. The van der Waals surface area contributed by atoms with E-state index in [1.807, 2.05) is 10.9 Å². The SMILES string of the molecule is CCC(CC)n1ccc(CC2CCCCC2C(=O)O)n1. The van der Waals surface area contributed by atoms with Crippen molar-refractivity contribution in [1.82, 2.24) is 9.78 Å². The molecule has 0 aromatic carbocycles. The van der Waals surface area contributed by atoms with Crippen LogP contribution >= 0.6 is 0 Å². The molecule has 0 bridgehead atoms. The molecule has 0 amide bonds. The molecule has 0 spiro atoms. The van der Waals surface area contributed by atoms with Crippen LogP contribution in [-0.2, 0) is 11.2 Å². The van der Waals surface area contributed by atoms with Crippen molar-refractivity contribution in [2.75, 3.05) is 0 Å². The second-order valence-electron chi connectivity index (χ2n) is 5.95. The number of carboxylic acid groups (broad SMARTS) is 1. The number of aromatic nitrogens is 2. The summed E-state index contributed by atoms with van der Waals surface area (Å²) in [7, 11) is 0. The third-order valence-electron chi connectivity index (χ3n) is 4.68. The van der Waals surface area contributed by atoms with Gasteiger partial charge in [0.25, 0.3) is 0 Å². The summed E-state index contributed by atoms with van der Waals surface area (Å²) in [5.74, 6) is -0.553. The van der Waals surface area contributed by atoms with Crippen molar-refractivity contribution in [2.24, 2.45) is 11.8 Å². The maximum Gasteiger partial charge on any atom is 0.306 e. The van der Waals surface area contributed by atoms with Crippen LogP contribution in [0.3, 0.4) is 0 Å². The molecule has 20 heavy (non-hydrogen) atoms. The summed E-state index contributed by atoms with van der Waals surface area (Å²) in [6.45, 7) is 4.36. The predicted octanol–water partition coefficient (Wildman–Crippen LogP) is 3.68. The van der Waals surface area contributed by atoms with Crippen molar-refractivity contribution in [1.29, 1.82) is 0 Å². The first-order valence-electron chi connectivity index (χ1n) is 7.92. The Hall–Kier alpha value is -1.32. The van der Waals surface area contributed by atoms with E-state index in [4.69, 9.17) is 0 Å². The highest BCUT2D eigenvalue weighted by molar-refractivity contribution is 5.70. The van der Waals surface area contributed by atoms with Gasteiger partial charge in [-0.05, 0) is 44.1 Å². The van der Waals surface area contributed by atoms with Gasteiger partial charge in [-0.2, -0.15) is 5.10 Å². The maximum atomic E-state index is 11.3. The first-order valence-corrected chi connectivity index (χ1v) is 7.92. The Morgan fingerprint density at radius 1 is 1.40 bits per heavy atom. The Morgan fingerprint density at radius 3 is 2.75 bits per heavy atom. The van der Waals surface area contributed by atoms with E-state index < -0.39 is 5.97 Å². The zero-order valence-electron chi connectivity index (χ0n) is 12.6. The highest BCUT2D eigenvalue weighted by atomic mass is 16.4. The molecule has 2 atom stereocenters. The minimum absolute atomic E-state index is 0.179. The van der Waals surface area contributed by atoms with Gasteiger partial charge in [-0.25, -0.2) is 0 Å².